The van der Waals surface area contributed by atoms with Gasteiger partial charge in [0, 0.05) is 24.2 Å². The van der Waals surface area contributed by atoms with Gasteiger partial charge >= 0.3 is 0 Å². The van der Waals surface area contributed by atoms with Gasteiger partial charge in [-0.25, -0.2) is 0 Å². The van der Waals surface area contributed by atoms with E-state index in [1.54, 1.807) is 0 Å². The fourth-order valence-corrected chi connectivity index (χ4v) is 2.76. The van der Waals surface area contributed by atoms with Gasteiger partial charge in [0.25, 0.3) is 0 Å². The molecule has 1 aromatic rings. The van der Waals surface area contributed by atoms with E-state index in [0.29, 0.717) is 12.3 Å². The van der Waals surface area contributed by atoms with Crippen LogP contribution in [0.15, 0.2) is 0 Å². The van der Waals surface area contributed by atoms with Crippen molar-refractivity contribution in [3.63, 3.8) is 0 Å². The van der Waals surface area contributed by atoms with E-state index in [0.717, 1.165) is 25.1 Å². The lowest BCUT2D eigenvalue weighted by Gasteiger charge is -2.24. The van der Waals surface area contributed by atoms with Crippen LogP contribution < -0.4 is 5.32 Å². The Kier molecular flexibility index (Phi) is 3.73. The molecule has 0 saturated carbocycles. The van der Waals surface area contributed by atoms with Crippen LogP contribution in [0.5, 0.6) is 0 Å². The topological polar surface area (TPSA) is 46.9 Å². The maximum atomic E-state index is 11.5. The molecule has 1 aliphatic heterocycles. The third-order valence-electron chi connectivity index (χ3n) is 3.56. The molecular weight excluding hydrogens is 226 g/mol. The first-order chi connectivity index (χ1) is 8.49. The first kappa shape index (κ1) is 13.1. The van der Waals surface area contributed by atoms with E-state index < -0.39 is 0 Å². The fraction of sp³-hybridized carbons (Fsp3) is 0.714. The molecule has 1 N–H and O–H groups in total. The van der Waals surface area contributed by atoms with Gasteiger partial charge in [0.05, 0.1) is 11.7 Å². The van der Waals surface area contributed by atoms with Gasteiger partial charge in [-0.05, 0) is 32.6 Å². The Morgan fingerprint density at radius 3 is 2.78 bits per heavy atom. The van der Waals surface area contributed by atoms with Crippen LogP contribution in [0.3, 0.4) is 0 Å². The number of carbonyl (C=O) groups is 1. The van der Waals surface area contributed by atoms with Gasteiger partial charge in [-0.3, -0.25) is 9.48 Å². The van der Waals surface area contributed by atoms with Crippen LogP contribution in [0.4, 0.5) is 0 Å². The number of amides is 1. The molecular formula is C14H23N3O. The Bertz CT molecular complexity index is 448. The second-order valence-corrected chi connectivity index (χ2v) is 5.67. The normalized spacial score (nSPS) is 20.3. The van der Waals surface area contributed by atoms with Crippen LogP contribution in [-0.4, -0.2) is 15.7 Å². The summed E-state index contributed by atoms with van der Waals surface area (Å²) in [7, 11) is 0. The molecule has 4 heteroatoms. The zero-order chi connectivity index (χ0) is 13.3. The monoisotopic (exact) mass is 249 g/mol. The average molecular weight is 249 g/mol. The van der Waals surface area contributed by atoms with E-state index in [1.807, 2.05) is 6.92 Å². The molecule has 18 heavy (non-hydrogen) atoms. The van der Waals surface area contributed by atoms with Crippen molar-refractivity contribution in [2.24, 2.45) is 5.92 Å². The van der Waals surface area contributed by atoms with Crippen molar-refractivity contribution in [3.05, 3.63) is 17.0 Å². The summed E-state index contributed by atoms with van der Waals surface area (Å²) in [6.45, 7) is 9.47. The van der Waals surface area contributed by atoms with E-state index in [4.69, 9.17) is 0 Å². The minimum absolute atomic E-state index is 0.159. The molecule has 1 aromatic heterocycles. The molecule has 4 nitrogen and oxygen atoms in total. The number of rotatable bonds is 3. The van der Waals surface area contributed by atoms with Crippen LogP contribution in [0.2, 0.25) is 0 Å². The number of hydrogen-bond acceptors (Lipinski definition) is 2. The standard InChI is InChI=1S/C14H23N3O/c1-9(2)8-17-11(4)14(10(3)16-17)12-6-5-7-13(18)15-12/h9,12H,5-8H2,1-4H3,(H,15,18)/t12-/m0/s1. The molecule has 100 valence electrons. The lowest BCUT2D eigenvalue weighted by Crippen LogP contribution is -2.33. The average Bonchev–Trinajstić information content (AvgIpc) is 2.53. The highest BCUT2D eigenvalue weighted by atomic mass is 16.1. The van der Waals surface area contributed by atoms with Gasteiger partial charge in [0.15, 0.2) is 0 Å². The molecule has 0 aromatic carbocycles. The van der Waals surface area contributed by atoms with Crippen LogP contribution in [-0.2, 0) is 11.3 Å². The van der Waals surface area contributed by atoms with Crippen molar-refractivity contribution >= 4 is 5.91 Å². The Balaban J connectivity index is 2.27. The summed E-state index contributed by atoms with van der Waals surface area (Å²) in [4.78, 5) is 11.5. The molecule has 0 unspecified atom stereocenters. The van der Waals surface area contributed by atoms with Crippen molar-refractivity contribution in [2.75, 3.05) is 0 Å². The maximum Gasteiger partial charge on any atom is 0.220 e. The van der Waals surface area contributed by atoms with Gasteiger partial charge in [-0.1, -0.05) is 13.8 Å². The van der Waals surface area contributed by atoms with Gasteiger partial charge < -0.3 is 5.32 Å². The van der Waals surface area contributed by atoms with E-state index in [9.17, 15) is 4.79 Å². The van der Waals surface area contributed by atoms with Crippen molar-refractivity contribution in [3.8, 4) is 0 Å². The first-order valence-electron chi connectivity index (χ1n) is 6.82. The Hall–Kier alpha value is -1.32. The molecule has 2 heterocycles. The zero-order valence-corrected chi connectivity index (χ0v) is 11.8. The number of aryl methyl sites for hydroxylation is 1. The number of carbonyl (C=O) groups excluding carboxylic acids is 1. The lowest BCUT2D eigenvalue weighted by molar-refractivity contribution is -0.123. The number of nitrogens with zero attached hydrogens (tertiary/aromatic N) is 2. The summed E-state index contributed by atoms with van der Waals surface area (Å²) in [6, 6.07) is 0.159. The second kappa shape index (κ2) is 5.12. The maximum absolute atomic E-state index is 11.5. The van der Waals surface area contributed by atoms with E-state index >= 15 is 0 Å². The summed E-state index contributed by atoms with van der Waals surface area (Å²) in [5, 5.41) is 7.70. The third-order valence-corrected chi connectivity index (χ3v) is 3.56. The molecule has 1 amide bonds. The van der Waals surface area contributed by atoms with Gasteiger partial charge in [0.1, 0.15) is 0 Å². The Morgan fingerprint density at radius 2 is 2.17 bits per heavy atom. The zero-order valence-electron chi connectivity index (χ0n) is 11.8. The highest BCUT2D eigenvalue weighted by Gasteiger charge is 2.25. The molecule has 0 radical (unpaired) electrons. The molecule has 2 rings (SSSR count). The second-order valence-electron chi connectivity index (χ2n) is 5.67. The van der Waals surface area contributed by atoms with Crippen molar-refractivity contribution in [2.45, 2.75) is 59.5 Å². The summed E-state index contributed by atoms with van der Waals surface area (Å²) in [6.07, 6.45) is 2.67. The minimum atomic E-state index is 0.159. The van der Waals surface area contributed by atoms with Crippen LogP contribution in [0, 0.1) is 19.8 Å². The summed E-state index contributed by atoms with van der Waals surface area (Å²) in [5.41, 5.74) is 3.48. The van der Waals surface area contributed by atoms with Crippen molar-refractivity contribution in [1.82, 2.24) is 15.1 Å². The van der Waals surface area contributed by atoms with E-state index in [1.165, 1.54) is 11.3 Å². The summed E-state index contributed by atoms with van der Waals surface area (Å²) >= 11 is 0. The molecule has 0 aliphatic carbocycles. The number of piperidine rings is 1. The Morgan fingerprint density at radius 1 is 1.44 bits per heavy atom. The molecule has 1 fully saturated rings. The molecule has 0 spiro atoms. The number of nitrogens with one attached hydrogen (secondary N) is 1. The molecule has 1 atom stereocenters. The van der Waals surface area contributed by atoms with Gasteiger partial charge in [-0.15, -0.1) is 0 Å². The van der Waals surface area contributed by atoms with Crippen LogP contribution >= 0.6 is 0 Å². The van der Waals surface area contributed by atoms with Crippen molar-refractivity contribution < 1.29 is 4.79 Å². The number of hydrogen-bond donors (Lipinski definition) is 1. The summed E-state index contributed by atoms with van der Waals surface area (Å²) < 4.78 is 2.08. The molecule has 1 saturated heterocycles. The molecule has 0 bridgehead atoms. The SMILES string of the molecule is Cc1nn(CC(C)C)c(C)c1[C@@H]1CCCC(=O)N1. The van der Waals surface area contributed by atoms with Crippen molar-refractivity contribution in [1.29, 1.82) is 0 Å². The predicted octanol–water partition coefficient (Wildman–Crippen LogP) is 2.50. The molecule has 1 aliphatic rings. The van der Waals surface area contributed by atoms with E-state index in [2.05, 4.69) is 35.9 Å². The quantitative estimate of drug-likeness (QED) is 0.894. The lowest BCUT2D eigenvalue weighted by atomic mass is 9.96. The Labute approximate surface area is 109 Å². The van der Waals surface area contributed by atoms with E-state index in [-0.39, 0.29) is 11.9 Å². The predicted molar refractivity (Wildman–Crippen MR) is 71.3 cm³/mol. The minimum Gasteiger partial charge on any atom is -0.349 e. The van der Waals surface area contributed by atoms with Crippen LogP contribution in [0.25, 0.3) is 0 Å². The highest BCUT2D eigenvalue weighted by Crippen LogP contribution is 2.28. The third kappa shape index (κ3) is 2.57. The van der Waals surface area contributed by atoms with Crippen LogP contribution in [0.1, 0.15) is 56.1 Å². The highest BCUT2D eigenvalue weighted by molar-refractivity contribution is 5.77. The van der Waals surface area contributed by atoms with Gasteiger partial charge in [-0.2, -0.15) is 5.10 Å². The smallest absolute Gasteiger partial charge is 0.220 e. The van der Waals surface area contributed by atoms with Gasteiger partial charge in [0.2, 0.25) is 5.91 Å². The number of aromatic nitrogens is 2. The fourth-order valence-electron chi connectivity index (χ4n) is 2.76. The largest absolute Gasteiger partial charge is 0.349 e. The summed E-state index contributed by atoms with van der Waals surface area (Å²) in [5.74, 6) is 0.749. The first-order valence-corrected chi connectivity index (χ1v) is 6.82.